The van der Waals surface area contributed by atoms with Crippen LogP contribution in [0.2, 0.25) is 0 Å². The van der Waals surface area contributed by atoms with Gasteiger partial charge in [0.2, 0.25) is 0 Å². The van der Waals surface area contributed by atoms with Crippen molar-refractivity contribution < 1.29 is 32.6 Å². The Bertz CT molecular complexity index is 690. The summed E-state index contributed by atoms with van der Waals surface area (Å²) in [4.78, 5) is 26.0. The van der Waals surface area contributed by atoms with E-state index >= 15 is 0 Å². The van der Waals surface area contributed by atoms with Crippen LogP contribution in [0, 0.1) is 0 Å². The normalized spacial score (nSPS) is 15.8. The van der Waals surface area contributed by atoms with Crippen LogP contribution in [0.4, 0.5) is 23.7 Å². The van der Waals surface area contributed by atoms with Gasteiger partial charge >= 0.3 is 18.2 Å². The molecule has 1 amide bonds. The lowest BCUT2D eigenvalue weighted by atomic mass is 10.1. The zero-order valence-corrected chi connectivity index (χ0v) is 14.8. The molecule has 0 aromatic heterocycles. The minimum Gasteiger partial charge on any atom is -0.478 e. The van der Waals surface area contributed by atoms with Crippen molar-refractivity contribution in [3.8, 4) is 0 Å². The number of carboxylic acids is 1. The van der Waals surface area contributed by atoms with Crippen molar-refractivity contribution in [2.45, 2.75) is 32.5 Å². The van der Waals surface area contributed by atoms with Gasteiger partial charge in [0.05, 0.1) is 11.1 Å². The molecule has 1 fully saturated rings. The molecule has 0 bridgehead atoms. The Hall–Kier alpha value is -2.45. The highest BCUT2D eigenvalue weighted by atomic mass is 19.4. The van der Waals surface area contributed by atoms with E-state index in [-0.39, 0.29) is 37.4 Å². The Morgan fingerprint density at radius 3 is 2.12 bits per heavy atom. The lowest BCUT2D eigenvalue weighted by molar-refractivity contribution is -0.137. The van der Waals surface area contributed by atoms with Gasteiger partial charge in [-0.05, 0) is 39.0 Å². The fraction of sp³-hybridized carbons (Fsp3) is 0.529. The highest BCUT2D eigenvalue weighted by molar-refractivity contribution is 5.89. The van der Waals surface area contributed by atoms with E-state index in [0.717, 1.165) is 18.2 Å². The van der Waals surface area contributed by atoms with Gasteiger partial charge < -0.3 is 19.6 Å². The van der Waals surface area contributed by atoms with Crippen molar-refractivity contribution in [2.24, 2.45) is 0 Å². The second-order valence-corrected chi connectivity index (χ2v) is 6.99. The van der Waals surface area contributed by atoms with Crippen molar-refractivity contribution in [3.63, 3.8) is 0 Å². The second-order valence-electron chi connectivity index (χ2n) is 6.99. The van der Waals surface area contributed by atoms with Crippen LogP contribution in [0.3, 0.4) is 0 Å². The van der Waals surface area contributed by atoms with Crippen molar-refractivity contribution in [3.05, 3.63) is 29.3 Å². The molecule has 2 rings (SSSR count). The summed E-state index contributed by atoms with van der Waals surface area (Å²) in [6, 6.07) is 2.74. The molecule has 0 spiro atoms. The van der Waals surface area contributed by atoms with Gasteiger partial charge in [0.25, 0.3) is 0 Å². The Morgan fingerprint density at radius 1 is 1.08 bits per heavy atom. The molecule has 0 atom stereocenters. The first-order chi connectivity index (χ1) is 11.9. The summed E-state index contributed by atoms with van der Waals surface area (Å²) in [6.07, 6.45) is -5.12. The van der Waals surface area contributed by atoms with E-state index in [1.165, 1.54) is 9.80 Å². The fourth-order valence-corrected chi connectivity index (χ4v) is 2.62. The highest BCUT2D eigenvalue weighted by Crippen LogP contribution is 2.37. The largest absolute Gasteiger partial charge is 0.478 e. The summed E-state index contributed by atoms with van der Waals surface area (Å²) in [5.41, 5.74) is -1.97. The smallest absolute Gasteiger partial charge is 0.418 e. The first-order valence-corrected chi connectivity index (χ1v) is 8.06. The summed E-state index contributed by atoms with van der Waals surface area (Å²) in [6.45, 7) is 5.85. The standard InChI is InChI=1S/C17H21F3N2O4/c1-16(2,3)26-15(25)22-8-6-21(7-9-22)13-10-11(14(23)24)4-5-12(13)17(18,19)20/h4-5,10H,6-9H2,1-3H3,(H,23,24). The van der Waals surface area contributed by atoms with Crippen LogP contribution in [0.5, 0.6) is 0 Å². The molecule has 1 saturated heterocycles. The molecular formula is C17H21F3N2O4. The predicted molar refractivity (Wildman–Crippen MR) is 88.4 cm³/mol. The predicted octanol–water partition coefficient (Wildman–Crippen LogP) is 3.46. The summed E-state index contributed by atoms with van der Waals surface area (Å²) < 4.78 is 45.1. The topological polar surface area (TPSA) is 70.1 Å². The van der Waals surface area contributed by atoms with Crippen molar-refractivity contribution >= 4 is 17.7 Å². The number of alkyl halides is 3. The molecule has 1 aromatic carbocycles. The van der Waals surface area contributed by atoms with Crippen LogP contribution in [-0.2, 0) is 10.9 Å². The maximum atomic E-state index is 13.3. The molecule has 1 N–H and O–H groups in total. The van der Waals surface area contributed by atoms with Gasteiger partial charge in [0.15, 0.2) is 0 Å². The number of halogens is 3. The number of hydrogen-bond donors (Lipinski definition) is 1. The molecule has 0 saturated carbocycles. The molecular weight excluding hydrogens is 353 g/mol. The van der Waals surface area contributed by atoms with Crippen LogP contribution in [-0.4, -0.2) is 53.8 Å². The van der Waals surface area contributed by atoms with Gasteiger partial charge in [-0.15, -0.1) is 0 Å². The third-order valence-corrected chi connectivity index (χ3v) is 3.82. The molecule has 1 aliphatic heterocycles. The number of nitrogens with zero attached hydrogens (tertiary/aromatic N) is 2. The molecule has 0 radical (unpaired) electrons. The maximum Gasteiger partial charge on any atom is 0.418 e. The molecule has 1 aliphatic rings. The van der Waals surface area contributed by atoms with Crippen LogP contribution < -0.4 is 4.90 Å². The maximum absolute atomic E-state index is 13.3. The van der Waals surface area contributed by atoms with E-state index < -0.39 is 29.4 Å². The number of rotatable bonds is 2. The Labute approximate surface area is 149 Å². The van der Waals surface area contributed by atoms with Crippen LogP contribution in [0.15, 0.2) is 18.2 Å². The monoisotopic (exact) mass is 374 g/mol. The average molecular weight is 374 g/mol. The van der Waals surface area contributed by atoms with Crippen LogP contribution in [0.1, 0.15) is 36.7 Å². The number of hydrogen-bond acceptors (Lipinski definition) is 4. The number of amides is 1. The number of piperazine rings is 1. The van der Waals surface area contributed by atoms with Gasteiger partial charge in [-0.25, -0.2) is 9.59 Å². The Kier molecular flexibility index (Phi) is 5.39. The summed E-state index contributed by atoms with van der Waals surface area (Å²) in [5, 5.41) is 9.06. The molecule has 144 valence electrons. The van der Waals surface area contributed by atoms with E-state index in [9.17, 15) is 22.8 Å². The van der Waals surface area contributed by atoms with Gasteiger partial charge in [-0.2, -0.15) is 13.2 Å². The van der Waals surface area contributed by atoms with E-state index in [0.29, 0.717) is 0 Å². The zero-order chi connectivity index (χ0) is 19.7. The molecule has 26 heavy (non-hydrogen) atoms. The van der Waals surface area contributed by atoms with Gasteiger partial charge in [0.1, 0.15) is 5.60 Å². The SMILES string of the molecule is CC(C)(C)OC(=O)N1CCN(c2cc(C(=O)O)ccc2C(F)(F)F)CC1. The molecule has 1 aromatic rings. The molecule has 1 heterocycles. The van der Waals surface area contributed by atoms with Crippen LogP contribution in [0.25, 0.3) is 0 Å². The quantitative estimate of drug-likeness (QED) is 0.859. The van der Waals surface area contributed by atoms with E-state index in [2.05, 4.69) is 0 Å². The molecule has 0 unspecified atom stereocenters. The molecule has 0 aliphatic carbocycles. The molecule has 6 nitrogen and oxygen atoms in total. The number of carbonyl (C=O) groups is 2. The first kappa shape index (κ1) is 19.9. The molecule has 9 heteroatoms. The number of benzene rings is 1. The van der Waals surface area contributed by atoms with Crippen molar-refractivity contribution in [2.75, 3.05) is 31.1 Å². The van der Waals surface area contributed by atoms with Crippen molar-refractivity contribution in [1.29, 1.82) is 0 Å². The summed E-state index contributed by atoms with van der Waals surface area (Å²) in [7, 11) is 0. The minimum atomic E-state index is -4.60. The lowest BCUT2D eigenvalue weighted by Crippen LogP contribution is -2.50. The second kappa shape index (κ2) is 7.05. The average Bonchev–Trinajstić information content (AvgIpc) is 2.52. The van der Waals surface area contributed by atoms with Gasteiger partial charge in [0, 0.05) is 31.9 Å². The van der Waals surface area contributed by atoms with Gasteiger partial charge in [-0.1, -0.05) is 0 Å². The minimum absolute atomic E-state index is 0.144. The van der Waals surface area contributed by atoms with Crippen molar-refractivity contribution in [1.82, 2.24) is 4.90 Å². The third-order valence-electron chi connectivity index (χ3n) is 3.82. The summed E-state index contributed by atoms with van der Waals surface area (Å²) in [5.74, 6) is -1.30. The third kappa shape index (κ3) is 4.80. The zero-order valence-electron chi connectivity index (χ0n) is 14.8. The van der Waals surface area contributed by atoms with E-state index in [4.69, 9.17) is 9.84 Å². The number of carbonyl (C=O) groups excluding carboxylic acids is 1. The number of ether oxygens (including phenoxy) is 1. The highest BCUT2D eigenvalue weighted by Gasteiger charge is 2.36. The van der Waals surface area contributed by atoms with E-state index in [1.54, 1.807) is 20.8 Å². The number of carboxylic acid groups (broad SMARTS) is 1. The number of aromatic carboxylic acids is 1. The fourth-order valence-electron chi connectivity index (χ4n) is 2.62. The number of anilines is 1. The van der Waals surface area contributed by atoms with Gasteiger partial charge in [-0.3, -0.25) is 0 Å². The van der Waals surface area contributed by atoms with Crippen LogP contribution >= 0.6 is 0 Å². The van der Waals surface area contributed by atoms with E-state index in [1.807, 2.05) is 0 Å². The Balaban J connectivity index is 2.19. The first-order valence-electron chi connectivity index (χ1n) is 8.06. The lowest BCUT2D eigenvalue weighted by Gasteiger charge is -2.37. The summed E-state index contributed by atoms with van der Waals surface area (Å²) >= 11 is 0. The Morgan fingerprint density at radius 2 is 1.65 bits per heavy atom.